The number of benzene rings is 1. The van der Waals surface area contributed by atoms with Crippen LogP contribution < -0.4 is 5.73 Å². The van der Waals surface area contributed by atoms with Gasteiger partial charge in [-0.2, -0.15) is 0 Å². The molecule has 80 valence electrons. The summed E-state index contributed by atoms with van der Waals surface area (Å²) in [6.07, 6.45) is 0.765. The monoisotopic (exact) mass is 207 g/mol. The van der Waals surface area contributed by atoms with E-state index in [1.807, 2.05) is 6.92 Å². The van der Waals surface area contributed by atoms with Crippen LogP contribution in [0.4, 0.5) is 0 Å². The Labute approximate surface area is 88.0 Å². The fraction of sp³-hybridized carbons (Fsp3) is 0.273. The average molecular weight is 207 g/mol. The molecule has 0 saturated carbocycles. The summed E-state index contributed by atoms with van der Waals surface area (Å²) in [5.41, 5.74) is 5.75. The molecule has 0 saturated heterocycles. The molecular weight excluding hydrogens is 194 g/mol. The molecule has 0 unspecified atom stereocenters. The number of hydrogen-bond acceptors (Lipinski definition) is 3. The maximum Gasteiger partial charge on any atom is 0.338 e. The third kappa shape index (κ3) is 3.09. The van der Waals surface area contributed by atoms with Crippen LogP contribution in [0.1, 0.15) is 34.1 Å². The topological polar surface area (TPSA) is 69.4 Å². The minimum atomic E-state index is -0.555. The van der Waals surface area contributed by atoms with E-state index in [1.54, 1.807) is 18.2 Å². The smallest absolute Gasteiger partial charge is 0.338 e. The SMILES string of the molecule is CCCOC(=O)c1cccc(C(N)=O)c1. The van der Waals surface area contributed by atoms with Gasteiger partial charge in [-0.15, -0.1) is 0 Å². The summed E-state index contributed by atoms with van der Waals surface area (Å²) >= 11 is 0. The van der Waals surface area contributed by atoms with Crippen LogP contribution in [-0.2, 0) is 4.74 Å². The Bertz CT molecular complexity index is 374. The average Bonchev–Trinajstić information content (AvgIpc) is 2.26. The number of hydrogen-bond donors (Lipinski definition) is 1. The summed E-state index contributed by atoms with van der Waals surface area (Å²) < 4.78 is 4.92. The third-order valence-corrected chi connectivity index (χ3v) is 1.82. The Kier molecular flexibility index (Phi) is 3.85. The minimum Gasteiger partial charge on any atom is -0.462 e. The number of carbonyl (C=O) groups is 2. The Morgan fingerprint density at radius 3 is 2.60 bits per heavy atom. The highest BCUT2D eigenvalue weighted by Gasteiger charge is 2.08. The summed E-state index contributed by atoms with van der Waals surface area (Å²) in [6, 6.07) is 6.17. The molecule has 2 N–H and O–H groups in total. The van der Waals surface area contributed by atoms with Crippen molar-refractivity contribution >= 4 is 11.9 Å². The fourth-order valence-electron chi connectivity index (χ4n) is 1.08. The van der Waals surface area contributed by atoms with Gasteiger partial charge in [0.05, 0.1) is 12.2 Å². The summed E-state index contributed by atoms with van der Waals surface area (Å²) in [5.74, 6) is -0.986. The van der Waals surface area contributed by atoms with E-state index in [1.165, 1.54) is 6.07 Å². The van der Waals surface area contributed by atoms with Crippen LogP contribution in [0.25, 0.3) is 0 Å². The van der Waals surface area contributed by atoms with Crippen molar-refractivity contribution in [3.05, 3.63) is 35.4 Å². The number of primary amides is 1. The molecule has 15 heavy (non-hydrogen) atoms. The molecule has 0 aliphatic carbocycles. The van der Waals surface area contributed by atoms with Gasteiger partial charge in [0.2, 0.25) is 5.91 Å². The van der Waals surface area contributed by atoms with Crippen molar-refractivity contribution in [3.8, 4) is 0 Å². The van der Waals surface area contributed by atoms with Crippen LogP contribution in [0.2, 0.25) is 0 Å². The molecule has 0 aliphatic rings. The zero-order chi connectivity index (χ0) is 11.3. The van der Waals surface area contributed by atoms with Crippen molar-refractivity contribution < 1.29 is 14.3 Å². The first-order valence-corrected chi connectivity index (χ1v) is 4.72. The number of rotatable bonds is 4. The van der Waals surface area contributed by atoms with Gasteiger partial charge in [-0.1, -0.05) is 13.0 Å². The largest absolute Gasteiger partial charge is 0.462 e. The third-order valence-electron chi connectivity index (χ3n) is 1.82. The van der Waals surface area contributed by atoms with Crippen LogP contribution in [0.5, 0.6) is 0 Å². The summed E-state index contributed by atoms with van der Waals surface area (Å²) in [4.78, 5) is 22.3. The molecule has 4 nitrogen and oxygen atoms in total. The number of carbonyl (C=O) groups excluding carboxylic acids is 2. The minimum absolute atomic E-state index is 0.306. The Balaban J connectivity index is 2.81. The van der Waals surface area contributed by atoms with E-state index >= 15 is 0 Å². The van der Waals surface area contributed by atoms with E-state index in [4.69, 9.17) is 10.5 Å². The van der Waals surface area contributed by atoms with E-state index < -0.39 is 11.9 Å². The van der Waals surface area contributed by atoms with E-state index in [2.05, 4.69) is 0 Å². The second-order valence-corrected chi connectivity index (χ2v) is 3.08. The maximum atomic E-state index is 11.4. The van der Waals surface area contributed by atoms with Crippen LogP contribution in [0, 0.1) is 0 Å². The second kappa shape index (κ2) is 5.14. The molecule has 0 spiro atoms. The van der Waals surface area contributed by atoms with Gasteiger partial charge in [0, 0.05) is 5.56 Å². The lowest BCUT2D eigenvalue weighted by Crippen LogP contribution is -2.13. The molecule has 0 aromatic heterocycles. The normalized spacial score (nSPS) is 9.67. The van der Waals surface area contributed by atoms with Crippen molar-refractivity contribution in [2.75, 3.05) is 6.61 Å². The van der Waals surface area contributed by atoms with Gasteiger partial charge in [-0.25, -0.2) is 4.79 Å². The van der Waals surface area contributed by atoms with Gasteiger partial charge in [0.1, 0.15) is 0 Å². The molecule has 1 aromatic rings. The standard InChI is InChI=1S/C11H13NO3/c1-2-6-15-11(14)9-5-3-4-8(7-9)10(12)13/h3-5,7H,2,6H2,1H3,(H2,12,13). The molecule has 1 amide bonds. The van der Waals surface area contributed by atoms with Crippen molar-refractivity contribution in [1.29, 1.82) is 0 Å². The molecule has 0 bridgehead atoms. The lowest BCUT2D eigenvalue weighted by Gasteiger charge is -2.03. The molecule has 0 radical (unpaired) electrons. The molecule has 0 atom stereocenters. The lowest BCUT2D eigenvalue weighted by atomic mass is 10.1. The Morgan fingerprint density at radius 1 is 1.33 bits per heavy atom. The van der Waals surface area contributed by atoms with Gasteiger partial charge >= 0.3 is 5.97 Å². The van der Waals surface area contributed by atoms with E-state index in [9.17, 15) is 9.59 Å². The number of nitrogens with two attached hydrogens (primary N) is 1. The quantitative estimate of drug-likeness (QED) is 0.757. The van der Waals surface area contributed by atoms with Crippen molar-refractivity contribution in [2.45, 2.75) is 13.3 Å². The lowest BCUT2D eigenvalue weighted by molar-refractivity contribution is 0.0505. The fourth-order valence-corrected chi connectivity index (χ4v) is 1.08. The Morgan fingerprint density at radius 2 is 2.00 bits per heavy atom. The van der Waals surface area contributed by atoms with Gasteiger partial charge in [-0.05, 0) is 24.6 Å². The molecule has 0 fully saturated rings. The summed E-state index contributed by atoms with van der Waals surface area (Å²) in [5, 5.41) is 0. The van der Waals surface area contributed by atoms with Crippen molar-refractivity contribution in [2.24, 2.45) is 5.73 Å². The molecule has 0 heterocycles. The van der Waals surface area contributed by atoms with Crippen LogP contribution >= 0.6 is 0 Å². The maximum absolute atomic E-state index is 11.4. The predicted molar refractivity (Wildman–Crippen MR) is 55.5 cm³/mol. The molecular formula is C11H13NO3. The first kappa shape index (κ1) is 11.2. The first-order chi connectivity index (χ1) is 7.15. The zero-order valence-corrected chi connectivity index (χ0v) is 8.53. The number of amides is 1. The van der Waals surface area contributed by atoms with E-state index in [-0.39, 0.29) is 0 Å². The van der Waals surface area contributed by atoms with Gasteiger partial charge in [0.15, 0.2) is 0 Å². The highest BCUT2D eigenvalue weighted by Crippen LogP contribution is 2.06. The van der Waals surface area contributed by atoms with Crippen LogP contribution in [0.3, 0.4) is 0 Å². The number of ether oxygens (including phenoxy) is 1. The number of esters is 1. The molecule has 1 rings (SSSR count). The highest BCUT2D eigenvalue weighted by molar-refractivity contribution is 5.97. The van der Waals surface area contributed by atoms with Crippen molar-refractivity contribution in [1.82, 2.24) is 0 Å². The van der Waals surface area contributed by atoms with Crippen LogP contribution in [0.15, 0.2) is 24.3 Å². The molecule has 0 aliphatic heterocycles. The highest BCUT2D eigenvalue weighted by atomic mass is 16.5. The van der Waals surface area contributed by atoms with Gasteiger partial charge in [0.25, 0.3) is 0 Å². The second-order valence-electron chi connectivity index (χ2n) is 3.08. The summed E-state index contributed by atoms with van der Waals surface area (Å²) in [7, 11) is 0. The predicted octanol–water partition coefficient (Wildman–Crippen LogP) is 1.35. The van der Waals surface area contributed by atoms with Gasteiger partial charge in [-0.3, -0.25) is 4.79 Å². The van der Waals surface area contributed by atoms with Crippen molar-refractivity contribution in [3.63, 3.8) is 0 Å². The van der Waals surface area contributed by atoms with E-state index in [0.717, 1.165) is 6.42 Å². The van der Waals surface area contributed by atoms with Crippen LogP contribution in [-0.4, -0.2) is 18.5 Å². The van der Waals surface area contributed by atoms with Gasteiger partial charge < -0.3 is 10.5 Å². The Hall–Kier alpha value is -1.84. The van der Waals surface area contributed by atoms with E-state index in [0.29, 0.717) is 17.7 Å². The summed E-state index contributed by atoms with van der Waals surface area (Å²) in [6.45, 7) is 2.28. The molecule has 1 aromatic carbocycles. The molecule has 4 heteroatoms. The first-order valence-electron chi connectivity index (χ1n) is 4.72. The zero-order valence-electron chi connectivity index (χ0n) is 8.53.